The standard InChI is InChI=1S/C27H27FN2OS/c28-21-12-10-20(11-13-21)18-30-19-24(22-7-2-3-8-25(22)30)23(26-9-6-16-32-26)17-27(31)29-14-4-1-5-15-29/h2-3,6-13,16,19,23H,1,4-5,14-15,17-18H2. The van der Waals surface area contributed by atoms with Gasteiger partial charge >= 0.3 is 0 Å². The lowest BCUT2D eigenvalue weighted by Crippen LogP contribution is -2.36. The molecule has 1 atom stereocenters. The molecule has 1 saturated heterocycles. The molecule has 3 heterocycles. The fourth-order valence-corrected chi connectivity index (χ4v) is 5.62. The molecule has 1 amide bonds. The molecule has 2 aromatic carbocycles. The van der Waals surface area contributed by atoms with Gasteiger partial charge in [0.15, 0.2) is 0 Å². The number of thiophene rings is 1. The number of para-hydroxylation sites is 1. The number of rotatable bonds is 6. The first-order chi connectivity index (χ1) is 15.7. The maximum absolute atomic E-state index is 13.4. The molecule has 0 spiro atoms. The largest absolute Gasteiger partial charge is 0.343 e. The van der Waals surface area contributed by atoms with Gasteiger partial charge in [0.25, 0.3) is 0 Å². The van der Waals surface area contributed by atoms with E-state index in [0.29, 0.717) is 13.0 Å². The van der Waals surface area contributed by atoms with E-state index >= 15 is 0 Å². The van der Waals surface area contributed by atoms with Crippen LogP contribution in [0, 0.1) is 5.82 Å². The number of likely N-dealkylation sites (tertiary alicyclic amines) is 1. The fourth-order valence-electron chi connectivity index (χ4n) is 4.77. The Morgan fingerprint density at radius 3 is 2.50 bits per heavy atom. The Labute approximate surface area is 192 Å². The van der Waals surface area contributed by atoms with E-state index in [4.69, 9.17) is 0 Å². The molecule has 0 bridgehead atoms. The van der Waals surface area contributed by atoms with Crippen LogP contribution in [0.2, 0.25) is 0 Å². The second-order valence-electron chi connectivity index (χ2n) is 8.57. The molecule has 5 rings (SSSR count). The number of nitrogens with zero attached hydrogens (tertiary/aromatic N) is 2. The highest BCUT2D eigenvalue weighted by Gasteiger charge is 2.26. The van der Waals surface area contributed by atoms with Crippen LogP contribution in [0.5, 0.6) is 0 Å². The van der Waals surface area contributed by atoms with Crippen LogP contribution in [0.4, 0.5) is 4.39 Å². The molecule has 1 aliphatic rings. The maximum Gasteiger partial charge on any atom is 0.223 e. The van der Waals surface area contributed by atoms with E-state index in [9.17, 15) is 9.18 Å². The van der Waals surface area contributed by atoms with Gasteiger partial charge in [-0.3, -0.25) is 4.79 Å². The molecule has 0 saturated carbocycles. The Kier molecular flexibility index (Phi) is 6.08. The van der Waals surface area contributed by atoms with Crippen molar-refractivity contribution in [2.24, 2.45) is 0 Å². The van der Waals surface area contributed by atoms with Gasteiger partial charge in [-0.15, -0.1) is 11.3 Å². The Bertz CT molecular complexity index is 1190. The molecular weight excluding hydrogens is 419 g/mol. The third-order valence-electron chi connectivity index (χ3n) is 6.44. The second kappa shape index (κ2) is 9.29. The summed E-state index contributed by atoms with van der Waals surface area (Å²) in [5.74, 6) is 0.0584. The predicted molar refractivity (Wildman–Crippen MR) is 129 cm³/mol. The van der Waals surface area contributed by atoms with Crippen LogP contribution in [0.15, 0.2) is 72.2 Å². The third kappa shape index (κ3) is 4.35. The van der Waals surface area contributed by atoms with Crippen LogP contribution in [0.25, 0.3) is 10.9 Å². The maximum atomic E-state index is 13.4. The van der Waals surface area contributed by atoms with Crippen molar-refractivity contribution in [2.75, 3.05) is 13.1 Å². The smallest absolute Gasteiger partial charge is 0.223 e. The molecule has 1 aliphatic heterocycles. The summed E-state index contributed by atoms with van der Waals surface area (Å²) >= 11 is 1.72. The highest BCUT2D eigenvalue weighted by molar-refractivity contribution is 7.10. The Morgan fingerprint density at radius 1 is 0.969 bits per heavy atom. The fraction of sp³-hybridized carbons (Fsp3) is 0.296. The van der Waals surface area contributed by atoms with Crippen LogP contribution in [-0.4, -0.2) is 28.5 Å². The zero-order valence-corrected chi connectivity index (χ0v) is 18.9. The summed E-state index contributed by atoms with van der Waals surface area (Å²) in [5.41, 5.74) is 3.38. The minimum atomic E-state index is -0.221. The molecule has 3 nitrogen and oxygen atoms in total. The third-order valence-corrected chi connectivity index (χ3v) is 7.42. The summed E-state index contributed by atoms with van der Waals surface area (Å²) in [6.45, 7) is 2.42. The number of amides is 1. The van der Waals surface area contributed by atoms with Gasteiger partial charge in [0.1, 0.15) is 5.82 Å². The minimum Gasteiger partial charge on any atom is -0.343 e. The molecule has 1 fully saturated rings. The molecule has 0 aliphatic carbocycles. The molecule has 5 heteroatoms. The number of hydrogen-bond donors (Lipinski definition) is 0. The number of fused-ring (bicyclic) bond motifs is 1. The summed E-state index contributed by atoms with van der Waals surface area (Å²) in [4.78, 5) is 16.5. The number of halogens is 1. The van der Waals surface area contributed by atoms with Gasteiger partial charge < -0.3 is 9.47 Å². The summed E-state index contributed by atoms with van der Waals surface area (Å²) in [5, 5.41) is 3.27. The summed E-state index contributed by atoms with van der Waals surface area (Å²) in [6.07, 6.45) is 6.11. The minimum absolute atomic E-state index is 0.0313. The van der Waals surface area contributed by atoms with Crippen molar-refractivity contribution in [2.45, 2.75) is 38.1 Å². The van der Waals surface area contributed by atoms with Crippen molar-refractivity contribution in [1.29, 1.82) is 0 Å². The van der Waals surface area contributed by atoms with Gasteiger partial charge in [0.2, 0.25) is 5.91 Å². The van der Waals surface area contributed by atoms with Crippen molar-refractivity contribution in [3.63, 3.8) is 0 Å². The molecular formula is C27H27FN2OS. The van der Waals surface area contributed by atoms with Crippen LogP contribution >= 0.6 is 11.3 Å². The van der Waals surface area contributed by atoms with Crippen molar-refractivity contribution in [3.05, 3.63) is 94.1 Å². The summed E-state index contributed by atoms with van der Waals surface area (Å²) in [7, 11) is 0. The number of piperidine rings is 1. The molecule has 4 aromatic rings. The van der Waals surface area contributed by atoms with Gasteiger partial charge in [0, 0.05) is 53.9 Å². The van der Waals surface area contributed by atoms with E-state index in [2.05, 4.69) is 46.5 Å². The van der Waals surface area contributed by atoms with E-state index in [1.165, 1.54) is 34.4 Å². The average molecular weight is 447 g/mol. The predicted octanol–water partition coefficient (Wildman–Crippen LogP) is 6.42. The van der Waals surface area contributed by atoms with Gasteiger partial charge in [0.05, 0.1) is 0 Å². The normalized spacial score (nSPS) is 15.2. The van der Waals surface area contributed by atoms with Crippen LogP contribution in [0.3, 0.4) is 0 Å². The first-order valence-electron chi connectivity index (χ1n) is 11.3. The number of hydrogen-bond acceptors (Lipinski definition) is 2. The highest BCUT2D eigenvalue weighted by Crippen LogP contribution is 2.37. The van der Waals surface area contributed by atoms with Crippen molar-refractivity contribution in [1.82, 2.24) is 9.47 Å². The van der Waals surface area contributed by atoms with Gasteiger partial charge in [-0.1, -0.05) is 36.4 Å². The van der Waals surface area contributed by atoms with Crippen LogP contribution in [0.1, 0.15) is 47.6 Å². The van der Waals surface area contributed by atoms with Crippen molar-refractivity contribution >= 4 is 28.1 Å². The number of carbonyl (C=O) groups is 1. The molecule has 32 heavy (non-hydrogen) atoms. The van der Waals surface area contributed by atoms with E-state index in [1.54, 1.807) is 11.3 Å². The van der Waals surface area contributed by atoms with Crippen LogP contribution < -0.4 is 0 Å². The van der Waals surface area contributed by atoms with E-state index in [0.717, 1.165) is 37.0 Å². The van der Waals surface area contributed by atoms with Crippen molar-refractivity contribution < 1.29 is 9.18 Å². The summed E-state index contributed by atoms with van der Waals surface area (Å²) in [6, 6.07) is 19.3. The van der Waals surface area contributed by atoms with E-state index < -0.39 is 0 Å². The monoisotopic (exact) mass is 446 g/mol. The van der Waals surface area contributed by atoms with Gasteiger partial charge in [-0.25, -0.2) is 4.39 Å². The first-order valence-corrected chi connectivity index (χ1v) is 12.2. The molecule has 1 unspecified atom stereocenters. The quantitative estimate of drug-likeness (QED) is 0.335. The molecule has 2 aromatic heterocycles. The topological polar surface area (TPSA) is 25.2 Å². The Balaban J connectivity index is 1.52. The number of benzene rings is 2. The lowest BCUT2D eigenvalue weighted by atomic mass is 9.92. The SMILES string of the molecule is O=C(CC(c1cccs1)c1cn(Cc2ccc(F)cc2)c2ccccc12)N1CCCCC1. The number of carbonyl (C=O) groups excluding carboxylic acids is 1. The average Bonchev–Trinajstić information content (AvgIpc) is 3.49. The zero-order chi connectivity index (χ0) is 21.9. The van der Waals surface area contributed by atoms with Crippen LogP contribution in [-0.2, 0) is 11.3 Å². The zero-order valence-electron chi connectivity index (χ0n) is 18.0. The Morgan fingerprint density at radius 2 is 1.75 bits per heavy atom. The highest BCUT2D eigenvalue weighted by atomic mass is 32.1. The van der Waals surface area contributed by atoms with Crippen molar-refractivity contribution in [3.8, 4) is 0 Å². The van der Waals surface area contributed by atoms with Gasteiger partial charge in [-0.2, -0.15) is 0 Å². The first kappa shape index (κ1) is 21.0. The lowest BCUT2D eigenvalue weighted by Gasteiger charge is -2.28. The summed E-state index contributed by atoms with van der Waals surface area (Å²) < 4.78 is 15.6. The Hall–Kier alpha value is -2.92. The molecule has 164 valence electrons. The molecule has 0 N–H and O–H groups in total. The van der Waals surface area contributed by atoms with Gasteiger partial charge in [-0.05, 0) is 60.0 Å². The van der Waals surface area contributed by atoms with E-state index in [1.807, 2.05) is 23.1 Å². The lowest BCUT2D eigenvalue weighted by molar-refractivity contribution is -0.132. The molecule has 0 radical (unpaired) electrons. The second-order valence-corrected chi connectivity index (χ2v) is 9.55. The number of aromatic nitrogens is 1. The van der Waals surface area contributed by atoms with E-state index in [-0.39, 0.29) is 17.6 Å².